The normalized spacial score (nSPS) is 35.6. The lowest BCUT2D eigenvalue weighted by atomic mass is 9.45. The van der Waals surface area contributed by atoms with Crippen LogP contribution in [0.25, 0.3) is 21.3 Å². The molecule has 3 aromatic rings. The fraction of sp³-hybridized carbons (Fsp3) is 0.581. The molecule has 3 aromatic heterocycles. The van der Waals surface area contributed by atoms with E-state index in [4.69, 9.17) is 6.57 Å². The molecule has 4 aliphatic rings. The number of ketones is 1. The molecule has 4 aliphatic carbocycles. The third-order valence-corrected chi connectivity index (χ3v) is 13.1. The van der Waals surface area contributed by atoms with Crippen LogP contribution in [-0.2, 0) is 17.8 Å². The van der Waals surface area contributed by atoms with Crippen molar-refractivity contribution in [2.24, 2.45) is 28.6 Å². The van der Waals surface area contributed by atoms with Crippen molar-refractivity contribution in [2.75, 3.05) is 12.3 Å². The highest BCUT2D eigenvalue weighted by Gasteiger charge is 2.68. The Morgan fingerprint density at radius 3 is 3.00 bits per heavy atom. The van der Waals surface area contributed by atoms with E-state index in [9.17, 15) is 15.0 Å². The number of allylic oxidation sites excluding steroid dienone is 1. The number of hydrogen-bond donors (Lipinski definition) is 2. The van der Waals surface area contributed by atoms with Crippen LogP contribution in [0.2, 0.25) is 0 Å². The number of hydrogen-bond acceptors (Lipinski definition) is 8. The topological polar surface area (TPSA) is 105 Å². The zero-order chi connectivity index (χ0) is 28.6. The van der Waals surface area contributed by atoms with E-state index in [1.807, 2.05) is 23.0 Å². The molecule has 0 aromatic carbocycles. The molecule has 0 aliphatic heterocycles. The molecule has 2 N–H and O–H groups in total. The van der Waals surface area contributed by atoms with Crippen LogP contribution in [0.3, 0.4) is 0 Å². The van der Waals surface area contributed by atoms with Gasteiger partial charge in [0.2, 0.25) is 6.54 Å². The maximum absolute atomic E-state index is 13.8. The highest BCUT2D eigenvalue weighted by molar-refractivity contribution is 8.01. The first-order valence-corrected chi connectivity index (χ1v) is 16.4. The SMILES string of the molecule is [C-]#[N+]CCn1ncc2c1C=C1CCC3C(C(O)CC4(C)C3CC[C@]4(O)C(=O)CSc3nc4cccnc4s3)C1(C)C2. The summed E-state index contributed by atoms with van der Waals surface area (Å²) in [6.45, 7) is 12.5. The van der Waals surface area contributed by atoms with Crippen LogP contribution in [0.4, 0.5) is 0 Å². The van der Waals surface area contributed by atoms with E-state index in [0.29, 0.717) is 25.9 Å². The Kier molecular flexibility index (Phi) is 6.47. The number of rotatable bonds is 6. The third kappa shape index (κ3) is 3.99. The van der Waals surface area contributed by atoms with E-state index in [2.05, 4.69) is 39.8 Å². The van der Waals surface area contributed by atoms with Gasteiger partial charge in [0, 0.05) is 11.6 Å². The Balaban J connectivity index is 1.13. The van der Waals surface area contributed by atoms with Crippen molar-refractivity contribution in [1.82, 2.24) is 19.7 Å². The van der Waals surface area contributed by atoms with Crippen molar-refractivity contribution in [3.63, 3.8) is 0 Å². The van der Waals surface area contributed by atoms with Gasteiger partial charge in [0.1, 0.15) is 22.5 Å². The molecule has 6 unspecified atom stereocenters. The molecule has 3 fully saturated rings. The lowest BCUT2D eigenvalue weighted by Crippen LogP contribution is -2.62. The predicted molar refractivity (Wildman–Crippen MR) is 159 cm³/mol. The first kappa shape index (κ1) is 27.3. The molecule has 0 bridgehead atoms. The van der Waals surface area contributed by atoms with E-state index in [1.165, 1.54) is 34.2 Å². The van der Waals surface area contributed by atoms with Gasteiger partial charge in [-0.05, 0) is 85.5 Å². The van der Waals surface area contributed by atoms with Crippen LogP contribution in [0.5, 0.6) is 0 Å². The first-order valence-electron chi connectivity index (χ1n) is 14.5. The fourth-order valence-electron chi connectivity index (χ4n) is 9.08. The van der Waals surface area contributed by atoms with E-state index < -0.39 is 17.1 Å². The van der Waals surface area contributed by atoms with Crippen molar-refractivity contribution in [3.8, 4) is 0 Å². The first-order chi connectivity index (χ1) is 19.7. The number of aromatic nitrogens is 4. The van der Waals surface area contributed by atoms with Crippen molar-refractivity contribution >= 4 is 45.3 Å². The van der Waals surface area contributed by atoms with Crippen LogP contribution in [0, 0.1) is 35.2 Å². The number of nitrogens with zero attached hydrogens (tertiary/aromatic N) is 5. The molecular formula is C31H35N5O3S2. The summed E-state index contributed by atoms with van der Waals surface area (Å²) in [4.78, 5) is 27.1. The summed E-state index contributed by atoms with van der Waals surface area (Å²) in [6.07, 6.45) is 9.74. The number of aliphatic hydroxyl groups is 2. The van der Waals surface area contributed by atoms with Gasteiger partial charge in [-0.1, -0.05) is 42.5 Å². The standard InChI is InChI=1S/C31H35N5O3S2/c1-29-14-18-16-34-36(12-11-32-3)23(18)13-19(29)6-7-20-21-8-9-31(39,30(21,2)15-24(37)26(20)29)25(38)17-40-28-35-22-5-4-10-33-27(22)41-28/h4-5,10,13,16,20-21,24,26,37,39H,6-9,11-12,14-15,17H2,1-2H3/t20?,21?,24?,26?,29?,30?,31-/m0/s1. The molecule has 0 saturated heterocycles. The summed E-state index contributed by atoms with van der Waals surface area (Å²) < 4.78 is 2.74. The van der Waals surface area contributed by atoms with Crippen LogP contribution >= 0.6 is 23.1 Å². The molecule has 41 heavy (non-hydrogen) atoms. The molecule has 0 radical (unpaired) electrons. The second-order valence-electron chi connectivity index (χ2n) is 12.9. The van der Waals surface area contributed by atoms with E-state index in [1.54, 1.807) is 6.20 Å². The number of pyridine rings is 1. The number of carbonyl (C=O) groups is 1. The van der Waals surface area contributed by atoms with Crippen molar-refractivity contribution < 1.29 is 15.0 Å². The predicted octanol–water partition coefficient (Wildman–Crippen LogP) is 5.05. The van der Waals surface area contributed by atoms with Crippen LogP contribution in [0.15, 0.2) is 34.4 Å². The van der Waals surface area contributed by atoms with E-state index >= 15 is 0 Å². The van der Waals surface area contributed by atoms with Crippen LogP contribution in [-0.4, -0.2) is 59.7 Å². The number of carbonyl (C=O) groups excluding carboxylic acids is 1. The van der Waals surface area contributed by atoms with Crippen molar-refractivity contribution in [2.45, 2.75) is 75.0 Å². The summed E-state index contributed by atoms with van der Waals surface area (Å²) >= 11 is 2.85. The van der Waals surface area contributed by atoms with Gasteiger partial charge in [-0.25, -0.2) is 16.5 Å². The average Bonchev–Trinajstić information content (AvgIpc) is 3.62. The summed E-state index contributed by atoms with van der Waals surface area (Å²) in [7, 11) is 0. The number of thioether (sulfide) groups is 1. The monoisotopic (exact) mass is 589 g/mol. The second kappa shape index (κ2) is 9.73. The molecular weight excluding hydrogens is 555 g/mol. The molecule has 214 valence electrons. The second-order valence-corrected chi connectivity index (χ2v) is 15.1. The fourth-order valence-corrected chi connectivity index (χ4v) is 11.0. The highest BCUT2D eigenvalue weighted by atomic mass is 32.2. The summed E-state index contributed by atoms with van der Waals surface area (Å²) in [5.41, 5.74) is 2.18. The Bertz CT molecular complexity index is 1580. The molecule has 0 spiro atoms. The van der Waals surface area contributed by atoms with Crippen LogP contribution < -0.4 is 0 Å². The van der Waals surface area contributed by atoms with Gasteiger partial charge in [-0.3, -0.25) is 9.48 Å². The Morgan fingerprint density at radius 1 is 1.34 bits per heavy atom. The average molecular weight is 590 g/mol. The maximum Gasteiger partial charge on any atom is 0.234 e. The zero-order valence-electron chi connectivity index (χ0n) is 23.4. The Morgan fingerprint density at radius 2 is 2.20 bits per heavy atom. The van der Waals surface area contributed by atoms with Gasteiger partial charge in [0.25, 0.3) is 0 Å². The van der Waals surface area contributed by atoms with E-state index in [-0.39, 0.29) is 34.7 Å². The lowest BCUT2D eigenvalue weighted by molar-refractivity contribution is -0.177. The third-order valence-electron chi connectivity index (χ3n) is 11.0. The van der Waals surface area contributed by atoms with E-state index in [0.717, 1.165) is 46.1 Å². The smallest absolute Gasteiger partial charge is 0.234 e. The minimum absolute atomic E-state index is 0.0717. The van der Waals surface area contributed by atoms with Gasteiger partial charge in [0.05, 0.1) is 23.7 Å². The molecule has 7 rings (SSSR count). The highest BCUT2D eigenvalue weighted by Crippen LogP contribution is 2.67. The molecule has 3 saturated carbocycles. The lowest BCUT2D eigenvalue weighted by Gasteiger charge is -2.60. The minimum atomic E-state index is -1.45. The molecule has 8 nitrogen and oxygen atoms in total. The maximum atomic E-state index is 13.8. The quantitative estimate of drug-likeness (QED) is 0.306. The minimum Gasteiger partial charge on any atom is -0.393 e. The Hall–Kier alpha value is -2.58. The van der Waals surface area contributed by atoms with Crippen molar-refractivity contribution in [1.29, 1.82) is 0 Å². The summed E-state index contributed by atoms with van der Waals surface area (Å²) in [5, 5.41) is 28.6. The number of thiazole rings is 1. The number of Topliss-reactive ketones (excluding diaryl/α,β-unsaturated/α-hetero) is 1. The largest absolute Gasteiger partial charge is 0.393 e. The van der Waals surface area contributed by atoms with Gasteiger partial charge in [0.15, 0.2) is 10.1 Å². The molecule has 7 atom stereocenters. The molecule has 0 amide bonds. The Labute approximate surface area is 248 Å². The van der Waals surface area contributed by atoms with Crippen molar-refractivity contribution in [3.05, 3.63) is 52.8 Å². The number of aliphatic hydroxyl groups excluding tert-OH is 1. The molecule has 3 heterocycles. The van der Waals surface area contributed by atoms with Crippen LogP contribution in [0.1, 0.15) is 57.2 Å². The van der Waals surface area contributed by atoms with Gasteiger partial charge in [-0.15, -0.1) is 0 Å². The van der Waals surface area contributed by atoms with Gasteiger partial charge in [-0.2, -0.15) is 5.10 Å². The zero-order valence-corrected chi connectivity index (χ0v) is 25.0. The van der Waals surface area contributed by atoms with Gasteiger partial charge < -0.3 is 15.1 Å². The molecule has 10 heteroatoms. The summed E-state index contributed by atoms with van der Waals surface area (Å²) in [6, 6.07) is 3.77. The van der Waals surface area contributed by atoms with Gasteiger partial charge >= 0.3 is 0 Å². The number of fused-ring (bicyclic) bond motifs is 7. The summed E-state index contributed by atoms with van der Waals surface area (Å²) in [5.74, 6) is 0.509.